The number of allylic oxidation sites excluding steroid dienone is 1. The molecule has 31 heavy (non-hydrogen) atoms. The largest absolute Gasteiger partial charge is 0.416 e. The number of anilines is 1. The molecule has 2 N–H and O–H groups in total. The summed E-state index contributed by atoms with van der Waals surface area (Å²) in [6.07, 6.45) is -2.84. The van der Waals surface area contributed by atoms with Crippen LogP contribution >= 0.6 is 0 Å². The highest BCUT2D eigenvalue weighted by atomic mass is 19.4. The summed E-state index contributed by atoms with van der Waals surface area (Å²) in [6, 6.07) is 9.85. The van der Waals surface area contributed by atoms with Crippen molar-refractivity contribution in [3.05, 3.63) is 71.1 Å². The van der Waals surface area contributed by atoms with Crippen LogP contribution in [0.1, 0.15) is 30.4 Å². The number of halogens is 3. The molecule has 2 heterocycles. The number of amides is 2. The minimum absolute atomic E-state index is 0.0112. The monoisotopic (exact) mass is 428 g/mol. The van der Waals surface area contributed by atoms with Gasteiger partial charge in [0.1, 0.15) is 0 Å². The van der Waals surface area contributed by atoms with Crippen LogP contribution < -0.4 is 5.32 Å². The molecule has 3 aromatic rings. The number of rotatable bonds is 3. The zero-order valence-electron chi connectivity index (χ0n) is 16.7. The summed E-state index contributed by atoms with van der Waals surface area (Å²) in [6.45, 7) is 1.66. The first kappa shape index (κ1) is 20.6. The standard InChI is InChI=1S/C22H19F3N4O2/c1-12-20(21(31)27-16-7-8-18-14(9-16)11-26-28-18)17(10-19(30)29(12)2)13-3-5-15(6-4-13)22(23,24)25/h3-9,11,17H,10H2,1-2H3,(H,26,28)(H,27,31). The highest BCUT2D eigenvalue weighted by molar-refractivity contribution is 6.07. The van der Waals surface area contributed by atoms with Crippen LogP contribution in [0, 0.1) is 0 Å². The van der Waals surface area contributed by atoms with Crippen LogP contribution in [0.5, 0.6) is 0 Å². The van der Waals surface area contributed by atoms with E-state index in [-0.39, 0.29) is 12.3 Å². The molecule has 1 unspecified atom stereocenters. The second kappa shape index (κ2) is 7.57. The van der Waals surface area contributed by atoms with E-state index < -0.39 is 23.6 Å². The Labute approximate surface area is 175 Å². The average Bonchev–Trinajstić information content (AvgIpc) is 3.19. The second-order valence-electron chi connectivity index (χ2n) is 7.45. The van der Waals surface area contributed by atoms with Crippen molar-refractivity contribution in [3.63, 3.8) is 0 Å². The number of alkyl halides is 3. The zero-order chi connectivity index (χ0) is 22.3. The number of nitrogens with one attached hydrogen (secondary N) is 2. The van der Waals surface area contributed by atoms with Gasteiger partial charge in [-0.05, 0) is 42.8 Å². The van der Waals surface area contributed by atoms with Crippen molar-refractivity contribution in [1.29, 1.82) is 0 Å². The summed E-state index contributed by atoms with van der Waals surface area (Å²) in [7, 11) is 1.57. The number of carbonyl (C=O) groups excluding carboxylic acids is 2. The Morgan fingerprint density at radius 2 is 1.90 bits per heavy atom. The van der Waals surface area contributed by atoms with Gasteiger partial charge in [0.15, 0.2) is 0 Å². The van der Waals surface area contributed by atoms with Gasteiger partial charge in [0.05, 0.1) is 17.3 Å². The van der Waals surface area contributed by atoms with E-state index in [0.29, 0.717) is 22.5 Å². The lowest BCUT2D eigenvalue weighted by atomic mass is 9.83. The van der Waals surface area contributed by atoms with E-state index in [0.717, 1.165) is 23.0 Å². The Morgan fingerprint density at radius 1 is 1.19 bits per heavy atom. The van der Waals surface area contributed by atoms with E-state index in [1.54, 1.807) is 38.4 Å². The predicted octanol–water partition coefficient (Wildman–Crippen LogP) is 4.44. The fourth-order valence-corrected chi connectivity index (χ4v) is 3.76. The Morgan fingerprint density at radius 3 is 2.58 bits per heavy atom. The number of aromatic amines is 1. The van der Waals surface area contributed by atoms with Crippen molar-refractivity contribution < 1.29 is 22.8 Å². The number of benzene rings is 2. The smallest absolute Gasteiger partial charge is 0.322 e. The lowest BCUT2D eigenvalue weighted by Gasteiger charge is -2.32. The molecule has 0 spiro atoms. The van der Waals surface area contributed by atoms with Gasteiger partial charge < -0.3 is 10.2 Å². The van der Waals surface area contributed by atoms with Gasteiger partial charge >= 0.3 is 6.18 Å². The second-order valence-corrected chi connectivity index (χ2v) is 7.45. The van der Waals surface area contributed by atoms with Crippen LogP contribution in [0.3, 0.4) is 0 Å². The molecule has 1 aliphatic rings. The Kier molecular flexibility index (Phi) is 5.04. The van der Waals surface area contributed by atoms with E-state index in [4.69, 9.17) is 0 Å². The Bertz CT molecular complexity index is 1200. The lowest BCUT2D eigenvalue weighted by molar-refractivity contribution is -0.137. The normalized spacial score (nSPS) is 17.4. The van der Waals surface area contributed by atoms with Gasteiger partial charge in [-0.15, -0.1) is 0 Å². The molecule has 9 heteroatoms. The molecule has 0 saturated heterocycles. The molecule has 6 nitrogen and oxygen atoms in total. The van der Waals surface area contributed by atoms with Crippen molar-refractivity contribution in [2.24, 2.45) is 0 Å². The fraction of sp³-hybridized carbons (Fsp3) is 0.227. The van der Waals surface area contributed by atoms with Crippen LogP contribution in [0.2, 0.25) is 0 Å². The molecule has 0 radical (unpaired) electrons. The summed E-state index contributed by atoms with van der Waals surface area (Å²) >= 11 is 0. The molecule has 4 rings (SSSR count). The number of aromatic nitrogens is 2. The maximum absolute atomic E-state index is 13.2. The SMILES string of the molecule is CC1=C(C(=O)Nc2ccc3[nH]ncc3c2)C(c2ccc(C(F)(F)F)cc2)CC(=O)N1C. The molecule has 2 amide bonds. The highest BCUT2D eigenvalue weighted by Gasteiger charge is 2.36. The van der Waals surface area contributed by atoms with Crippen molar-refractivity contribution in [2.75, 3.05) is 12.4 Å². The summed E-state index contributed by atoms with van der Waals surface area (Å²) < 4.78 is 38.8. The average molecular weight is 428 g/mol. The van der Waals surface area contributed by atoms with Gasteiger partial charge in [0.25, 0.3) is 5.91 Å². The predicted molar refractivity (Wildman–Crippen MR) is 109 cm³/mol. The molecule has 2 aromatic carbocycles. The van der Waals surface area contributed by atoms with Gasteiger partial charge in [-0.2, -0.15) is 18.3 Å². The first-order valence-corrected chi connectivity index (χ1v) is 9.54. The number of carbonyl (C=O) groups is 2. The summed E-state index contributed by atoms with van der Waals surface area (Å²) in [5.74, 6) is -1.27. The molecular formula is C22H19F3N4O2. The third kappa shape index (κ3) is 3.90. The van der Waals surface area contributed by atoms with Crippen molar-refractivity contribution in [1.82, 2.24) is 15.1 Å². The number of hydrogen-bond donors (Lipinski definition) is 2. The number of H-pyrrole nitrogens is 1. The molecule has 1 atom stereocenters. The third-order valence-corrected chi connectivity index (χ3v) is 5.58. The third-order valence-electron chi connectivity index (χ3n) is 5.58. The first-order chi connectivity index (χ1) is 14.6. The van der Waals surface area contributed by atoms with Gasteiger partial charge in [0, 0.05) is 41.7 Å². The maximum atomic E-state index is 13.2. The fourth-order valence-electron chi connectivity index (χ4n) is 3.76. The summed E-state index contributed by atoms with van der Waals surface area (Å²) in [5.41, 5.74) is 1.86. The van der Waals surface area contributed by atoms with E-state index in [1.807, 2.05) is 0 Å². The number of fused-ring (bicyclic) bond motifs is 1. The number of nitrogens with zero attached hydrogens (tertiary/aromatic N) is 2. The van der Waals surface area contributed by atoms with Crippen LogP contribution in [0.25, 0.3) is 10.9 Å². The van der Waals surface area contributed by atoms with Gasteiger partial charge in [-0.25, -0.2) is 0 Å². The van der Waals surface area contributed by atoms with E-state index in [2.05, 4.69) is 15.5 Å². The highest BCUT2D eigenvalue weighted by Crippen LogP contribution is 2.38. The van der Waals surface area contributed by atoms with Crippen LogP contribution in [0.15, 0.2) is 59.9 Å². The lowest BCUT2D eigenvalue weighted by Crippen LogP contribution is -2.36. The quantitative estimate of drug-likeness (QED) is 0.648. The van der Waals surface area contributed by atoms with Crippen LogP contribution in [-0.2, 0) is 15.8 Å². The maximum Gasteiger partial charge on any atom is 0.416 e. The van der Waals surface area contributed by atoms with Crippen LogP contribution in [-0.4, -0.2) is 34.0 Å². The molecule has 0 bridgehead atoms. The Balaban J connectivity index is 1.68. The molecule has 1 aromatic heterocycles. The van der Waals surface area contributed by atoms with Crippen molar-refractivity contribution in [3.8, 4) is 0 Å². The van der Waals surface area contributed by atoms with Crippen LogP contribution in [0.4, 0.5) is 18.9 Å². The minimum Gasteiger partial charge on any atom is -0.322 e. The minimum atomic E-state index is -4.46. The van der Waals surface area contributed by atoms with Crippen molar-refractivity contribution in [2.45, 2.75) is 25.4 Å². The summed E-state index contributed by atoms with van der Waals surface area (Å²) in [4.78, 5) is 27.0. The van der Waals surface area contributed by atoms with Gasteiger partial charge in [-0.1, -0.05) is 12.1 Å². The van der Waals surface area contributed by atoms with Gasteiger partial charge in [0.2, 0.25) is 5.91 Å². The Hall–Kier alpha value is -3.62. The van der Waals surface area contributed by atoms with E-state index in [1.165, 1.54) is 17.0 Å². The molecule has 0 fully saturated rings. The number of hydrogen-bond acceptors (Lipinski definition) is 3. The molecule has 160 valence electrons. The van der Waals surface area contributed by atoms with E-state index >= 15 is 0 Å². The van der Waals surface area contributed by atoms with E-state index in [9.17, 15) is 22.8 Å². The van der Waals surface area contributed by atoms with Gasteiger partial charge in [-0.3, -0.25) is 14.7 Å². The molecular weight excluding hydrogens is 409 g/mol. The summed E-state index contributed by atoms with van der Waals surface area (Å²) in [5, 5.41) is 10.4. The molecule has 1 aliphatic heterocycles. The molecule has 0 aliphatic carbocycles. The molecule has 0 saturated carbocycles. The zero-order valence-corrected chi connectivity index (χ0v) is 16.7. The first-order valence-electron chi connectivity index (χ1n) is 9.54. The van der Waals surface area contributed by atoms with Crippen molar-refractivity contribution >= 4 is 28.4 Å². The topological polar surface area (TPSA) is 78.1 Å².